The summed E-state index contributed by atoms with van der Waals surface area (Å²) in [4.78, 5) is 4.94. The first-order valence-electron chi connectivity index (χ1n) is 7.09. The summed E-state index contributed by atoms with van der Waals surface area (Å²) in [5.41, 5.74) is -0.321. The third-order valence-corrected chi connectivity index (χ3v) is 4.42. The summed E-state index contributed by atoms with van der Waals surface area (Å²) in [6.45, 7) is 8.95. The van der Waals surface area contributed by atoms with Gasteiger partial charge in [0, 0.05) is 25.7 Å². The highest BCUT2D eigenvalue weighted by Crippen LogP contribution is 2.17. The predicted octanol–water partition coefficient (Wildman–Crippen LogP) is 1.29. The Labute approximate surface area is 112 Å². The van der Waals surface area contributed by atoms with Gasteiger partial charge in [-0.2, -0.15) is 5.26 Å². The molecule has 0 bridgehead atoms. The Bertz CT molecular complexity index is 280. The lowest BCUT2D eigenvalue weighted by molar-refractivity contribution is 0.102. The second-order valence-electron chi connectivity index (χ2n) is 5.53. The van der Waals surface area contributed by atoms with Crippen molar-refractivity contribution < 1.29 is 0 Å². The fourth-order valence-electron chi connectivity index (χ4n) is 2.60. The number of nitrogens with zero attached hydrogens (tertiary/aromatic N) is 3. The molecule has 2 atom stereocenters. The van der Waals surface area contributed by atoms with E-state index in [0.29, 0.717) is 6.04 Å². The first-order chi connectivity index (χ1) is 8.56. The molecule has 0 spiro atoms. The predicted molar refractivity (Wildman–Crippen MR) is 75.5 cm³/mol. The van der Waals surface area contributed by atoms with Crippen molar-refractivity contribution in [2.45, 2.75) is 44.7 Å². The van der Waals surface area contributed by atoms with Crippen molar-refractivity contribution in [1.29, 1.82) is 5.26 Å². The largest absolute Gasteiger partial charge is 0.302 e. The summed E-state index contributed by atoms with van der Waals surface area (Å²) in [5, 5.41) is 12.4. The maximum Gasteiger partial charge on any atom is 0.106 e. The van der Waals surface area contributed by atoms with E-state index in [9.17, 15) is 5.26 Å². The maximum atomic E-state index is 9.26. The molecule has 0 aromatic rings. The van der Waals surface area contributed by atoms with Crippen LogP contribution in [0.4, 0.5) is 0 Å². The molecule has 104 valence electrons. The smallest absolute Gasteiger partial charge is 0.106 e. The van der Waals surface area contributed by atoms with Gasteiger partial charge in [-0.15, -0.1) is 0 Å². The van der Waals surface area contributed by atoms with Crippen molar-refractivity contribution in [2.75, 3.05) is 40.3 Å². The molecule has 4 nitrogen and oxygen atoms in total. The van der Waals surface area contributed by atoms with Gasteiger partial charge in [-0.25, -0.2) is 0 Å². The van der Waals surface area contributed by atoms with Crippen molar-refractivity contribution in [3.63, 3.8) is 0 Å². The highest BCUT2D eigenvalue weighted by molar-refractivity contribution is 5.05. The molecule has 0 aromatic carbocycles. The van der Waals surface area contributed by atoms with Crippen LogP contribution in [0.2, 0.25) is 0 Å². The lowest BCUT2D eigenvalue weighted by Crippen LogP contribution is -2.50. The van der Waals surface area contributed by atoms with Gasteiger partial charge in [-0.05, 0) is 46.8 Å². The van der Waals surface area contributed by atoms with E-state index in [1.54, 1.807) is 0 Å². The molecule has 1 N–H and O–H groups in total. The van der Waals surface area contributed by atoms with Crippen LogP contribution in [-0.4, -0.2) is 61.7 Å². The normalized spacial score (nSPS) is 25.6. The Morgan fingerprint density at radius 3 is 2.67 bits per heavy atom. The number of likely N-dealkylation sites (N-methyl/N-ethyl adjacent to an activating group) is 1. The molecule has 0 radical (unpaired) electrons. The lowest BCUT2D eigenvalue weighted by atomic mass is 9.92. The SMILES string of the molecule is CCC(C#N)(CCCN1CCN(C)C(C)C1)NC. The molecule has 1 aliphatic rings. The zero-order valence-electron chi connectivity index (χ0n) is 12.4. The summed E-state index contributed by atoms with van der Waals surface area (Å²) in [7, 11) is 4.09. The summed E-state index contributed by atoms with van der Waals surface area (Å²) in [6, 6.07) is 3.08. The van der Waals surface area contributed by atoms with Crippen LogP contribution < -0.4 is 5.32 Å². The molecule has 4 heteroatoms. The average molecular weight is 252 g/mol. The topological polar surface area (TPSA) is 42.3 Å². The van der Waals surface area contributed by atoms with Crippen LogP contribution in [0.15, 0.2) is 0 Å². The number of hydrogen-bond acceptors (Lipinski definition) is 4. The van der Waals surface area contributed by atoms with Gasteiger partial charge >= 0.3 is 0 Å². The van der Waals surface area contributed by atoms with Crippen LogP contribution in [0.3, 0.4) is 0 Å². The Morgan fingerprint density at radius 2 is 2.17 bits per heavy atom. The molecule has 1 fully saturated rings. The average Bonchev–Trinajstić information content (AvgIpc) is 2.39. The Kier molecular flexibility index (Phi) is 6.07. The number of piperazine rings is 1. The summed E-state index contributed by atoms with van der Waals surface area (Å²) >= 11 is 0. The van der Waals surface area contributed by atoms with Gasteiger partial charge in [0.2, 0.25) is 0 Å². The molecule has 0 aliphatic carbocycles. The van der Waals surface area contributed by atoms with E-state index in [4.69, 9.17) is 0 Å². The van der Waals surface area contributed by atoms with Gasteiger partial charge in [-0.1, -0.05) is 6.92 Å². The van der Waals surface area contributed by atoms with Gasteiger partial charge in [0.05, 0.1) is 6.07 Å². The zero-order valence-corrected chi connectivity index (χ0v) is 12.4. The summed E-state index contributed by atoms with van der Waals surface area (Å²) in [6.07, 6.45) is 2.91. The van der Waals surface area contributed by atoms with Gasteiger partial charge in [-0.3, -0.25) is 0 Å². The van der Waals surface area contributed by atoms with E-state index in [1.807, 2.05) is 7.05 Å². The van der Waals surface area contributed by atoms with Gasteiger partial charge in [0.15, 0.2) is 0 Å². The third-order valence-electron chi connectivity index (χ3n) is 4.42. The Hall–Kier alpha value is -0.630. The zero-order chi connectivity index (χ0) is 13.6. The van der Waals surface area contributed by atoms with Crippen LogP contribution in [-0.2, 0) is 0 Å². The fourth-order valence-corrected chi connectivity index (χ4v) is 2.60. The summed E-state index contributed by atoms with van der Waals surface area (Å²) in [5.74, 6) is 0. The highest BCUT2D eigenvalue weighted by atomic mass is 15.3. The van der Waals surface area contributed by atoms with Crippen LogP contribution in [0.25, 0.3) is 0 Å². The van der Waals surface area contributed by atoms with Crippen LogP contribution >= 0.6 is 0 Å². The van der Waals surface area contributed by atoms with Crippen molar-refractivity contribution in [1.82, 2.24) is 15.1 Å². The summed E-state index contributed by atoms with van der Waals surface area (Å²) < 4.78 is 0. The monoisotopic (exact) mass is 252 g/mol. The molecule has 1 rings (SSSR count). The molecule has 1 saturated heterocycles. The maximum absolute atomic E-state index is 9.26. The molecule has 1 aliphatic heterocycles. The highest BCUT2D eigenvalue weighted by Gasteiger charge is 2.26. The molecule has 0 aromatic heterocycles. The fraction of sp³-hybridized carbons (Fsp3) is 0.929. The molecule has 2 unspecified atom stereocenters. The van der Waals surface area contributed by atoms with Crippen molar-refractivity contribution in [3.8, 4) is 6.07 Å². The molecule has 0 amide bonds. The first-order valence-corrected chi connectivity index (χ1v) is 7.09. The lowest BCUT2D eigenvalue weighted by Gasteiger charge is -2.38. The second kappa shape index (κ2) is 7.08. The van der Waals surface area contributed by atoms with Crippen molar-refractivity contribution in [3.05, 3.63) is 0 Å². The van der Waals surface area contributed by atoms with Crippen LogP contribution in [0.5, 0.6) is 0 Å². The molecular weight excluding hydrogens is 224 g/mol. The van der Waals surface area contributed by atoms with E-state index >= 15 is 0 Å². The van der Waals surface area contributed by atoms with E-state index in [1.165, 1.54) is 0 Å². The number of nitrogens with one attached hydrogen (secondary N) is 1. The quantitative estimate of drug-likeness (QED) is 0.773. The van der Waals surface area contributed by atoms with Crippen molar-refractivity contribution >= 4 is 0 Å². The van der Waals surface area contributed by atoms with Crippen molar-refractivity contribution in [2.24, 2.45) is 0 Å². The van der Waals surface area contributed by atoms with Crippen LogP contribution in [0, 0.1) is 11.3 Å². The Morgan fingerprint density at radius 1 is 1.44 bits per heavy atom. The first kappa shape index (κ1) is 15.4. The minimum atomic E-state index is -0.321. The standard InChI is InChI=1S/C14H28N4/c1-5-14(12-15,16-3)7-6-8-18-10-9-17(4)13(2)11-18/h13,16H,5-11H2,1-4H3. The molecular formula is C14H28N4. The Balaban J connectivity index is 2.32. The van der Waals surface area contributed by atoms with E-state index in [2.05, 4.69) is 42.1 Å². The third kappa shape index (κ3) is 3.94. The number of rotatable bonds is 6. The van der Waals surface area contributed by atoms with Gasteiger partial charge in [0.25, 0.3) is 0 Å². The second-order valence-corrected chi connectivity index (χ2v) is 5.53. The number of hydrogen-bond donors (Lipinski definition) is 1. The van der Waals surface area contributed by atoms with E-state index in [0.717, 1.165) is 45.4 Å². The minimum absolute atomic E-state index is 0.321. The van der Waals surface area contributed by atoms with E-state index < -0.39 is 0 Å². The minimum Gasteiger partial charge on any atom is -0.302 e. The van der Waals surface area contributed by atoms with Gasteiger partial charge in [0.1, 0.15) is 5.54 Å². The van der Waals surface area contributed by atoms with Gasteiger partial charge < -0.3 is 15.1 Å². The van der Waals surface area contributed by atoms with Crippen LogP contribution in [0.1, 0.15) is 33.1 Å². The molecule has 18 heavy (non-hydrogen) atoms. The number of nitriles is 1. The molecule has 1 heterocycles. The van der Waals surface area contributed by atoms with E-state index in [-0.39, 0.29) is 5.54 Å². The molecule has 0 saturated carbocycles.